The Kier molecular flexibility index (Phi) is 2.38. The Morgan fingerprint density at radius 2 is 1.94 bits per heavy atom. The zero-order chi connectivity index (χ0) is 11.7. The number of nitrogens with zero attached hydrogens (tertiary/aromatic N) is 2. The first-order chi connectivity index (χ1) is 8.33. The third kappa shape index (κ3) is 1.92. The molecule has 0 saturated heterocycles. The molecule has 3 N–H and O–H groups in total. The van der Waals surface area contributed by atoms with Crippen LogP contribution in [-0.4, -0.2) is 15.2 Å². The van der Waals surface area contributed by atoms with Crippen molar-refractivity contribution in [2.75, 3.05) is 5.73 Å². The normalized spacial score (nSPS) is 10.6. The number of thiophene rings is 1. The molecule has 0 aliphatic heterocycles. The second kappa shape index (κ2) is 4.03. The highest BCUT2D eigenvalue weighted by Gasteiger charge is 2.05. The van der Waals surface area contributed by atoms with Gasteiger partial charge >= 0.3 is 0 Å². The highest BCUT2D eigenvalue weighted by Crippen LogP contribution is 2.33. The van der Waals surface area contributed by atoms with Gasteiger partial charge in [-0.2, -0.15) is 5.10 Å². The van der Waals surface area contributed by atoms with Gasteiger partial charge in [0.1, 0.15) is 5.82 Å². The Balaban J connectivity index is 1.98. The first kappa shape index (κ1) is 10.0. The predicted octanol–water partition coefficient (Wildman–Crippen LogP) is 2.78. The molecule has 4 nitrogen and oxygen atoms in total. The molecule has 5 heteroatoms. The largest absolute Gasteiger partial charge is 0.384 e. The fraction of sp³-hybridized carbons (Fsp3) is 0. The fourth-order valence-electron chi connectivity index (χ4n) is 1.58. The van der Waals surface area contributed by atoms with Gasteiger partial charge in [0.05, 0.1) is 10.6 Å². The maximum absolute atomic E-state index is 5.57. The van der Waals surface area contributed by atoms with Crippen molar-refractivity contribution >= 4 is 17.2 Å². The summed E-state index contributed by atoms with van der Waals surface area (Å²) in [6, 6.07) is 9.89. The molecule has 3 heterocycles. The van der Waals surface area contributed by atoms with Crippen LogP contribution in [-0.2, 0) is 0 Å². The Morgan fingerprint density at radius 3 is 2.65 bits per heavy atom. The first-order valence-electron chi connectivity index (χ1n) is 5.14. The number of anilines is 1. The number of nitrogens with one attached hydrogen (secondary N) is 1. The van der Waals surface area contributed by atoms with Gasteiger partial charge in [0.15, 0.2) is 0 Å². The van der Waals surface area contributed by atoms with Gasteiger partial charge in [0.2, 0.25) is 0 Å². The summed E-state index contributed by atoms with van der Waals surface area (Å²) < 4.78 is 0. The van der Waals surface area contributed by atoms with Crippen LogP contribution in [0, 0.1) is 0 Å². The summed E-state index contributed by atoms with van der Waals surface area (Å²) in [5, 5.41) is 6.90. The van der Waals surface area contributed by atoms with E-state index in [-0.39, 0.29) is 0 Å². The van der Waals surface area contributed by atoms with E-state index in [0.29, 0.717) is 5.82 Å². The number of H-pyrrole nitrogens is 1. The van der Waals surface area contributed by atoms with Gasteiger partial charge in [-0.05, 0) is 30.3 Å². The molecule has 0 aliphatic carbocycles. The van der Waals surface area contributed by atoms with E-state index >= 15 is 0 Å². The fourth-order valence-corrected chi connectivity index (χ4v) is 2.55. The van der Waals surface area contributed by atoms with Crippen molar-refractivity contribution in [2.24, 2.45) is 0 Å². The molecule has 0 saturated carbocycles. The Hall–Kier alpha value is -2.14. The molecule has 0 radical (unpaired) electrons. The number of rotatable bonds is 2. The summed E-state index contributed by atoms with van der Waals surface area (Å²) in [7, 11) is 0. The summed E-state index contributed by atoms with van der Waals surface area (Å²) >= 11 is 1.70. The van der Waals surface area contributed by atoms with E-state index in [9.17, 15) is 0 Å². The van der Waals surface area contributed by atoms with Crippen molar-refractivity contribution in [2.45, 2.75) is 0 Å². The minimum Gasteiger partial charge on any atom is -0.384 e. The molecule has 0 bridgehead atoms. The molecule has 3 aromatic heterocycles. The molecule has 0 atom stereocenters. The average molecular weight is 242 g/mol. The third-order valence-electron chi connectivity index (χ3n) is 2.44. The molecule has 84 valence electrons. The maximum Gasteiger partial charge on any atom is 0.123 e. The molecular formula is C12H10N4S. The molecule has 0 fully saturated rings. The standard InChI is InChI=1S/C12H10N4S/c13-12-4-1-8(7-14-12)10-2-3-11(17-10)9-5-6-15-16-9/h1-7H,(H2,13,14)(H,15,16). The lowest BCUT2D eigenvalue weighted by Crippen LogP contribution is -1.87. The van der Waals surface area contributed by atoms with Crippen LogP contribution in [0.15, 0.2) is 42.7 Å². The van der Waals surface area contributed by atoms with Gasteiger partial charge in [-0.1, -0.05) is 0 Å². The molecule has 0 spiro atoms. The van der Waals surface area contributed by atoms with Crippen LogP contribution in [0.5, 0.6) is 0 Å². The quantitative estimate of drug-likeness (QED) is 0.726. The lowest BCUT2D eigenvalue weighted by atomic mass is 10.2. The monoisotopic (exact) mass is 242 g/mol. The van der Waals surface area contributed by atoms with Gasteiger partial charge in [-0.25, -0.2) is 4.98 Å². The summed E-state index contributed by atoms with van der Waals surface area (Å²) in [4.78, 5) is 6.42. The van der Waals surface area contributed by atoms with Crippen LogP contribution in [0.2, 0.25) is 0 Å². The van der Waals surface area contributed by atoms with Crippen molar-refractivity contribution in [3.05, 3.63) is 42.7 Å². The van der Waals surface area contributed by atoms with Crippen LogP contribution in [0.4, 0.5) is 5.82 Å². The number of hydrogen-bond acceptors (Lipinski definition) is 4. The van der Waals surface area contributed by atoms with Crippen LogP contribution in [0.25, 0.3) is 21.0 Å². The van der Waals surface area contributed by atoms with Crippen molar-refractivity contribution < 1.29 is 0 Å². The van der Waals surface area contributed by atoms with Crippen LogP contribution < -0.4 is 5.73 Å². The number of pyridine rings is 1. The van der Waals surface area contributed by atoms with Crippen molar-refractivity contribution in [1.82, 2.24) is 15.2 Å². The Morgan fingerprint density at radius 1 is 1.06 bits per heavy atom. The van der Waals surface area contributed by atoms with Crippen LogP contribution in [0.1, 0.15) is 0 Å². The SMILES string of the molecule is Nc1ccc(-c2ccc(-c3ccn[nH]3)s2)cn1. The van der Waals surface area contributed by atoms with E-state index in [1.807, 2.05) is 18.2 Å². The minimum absolute atomic E-state index is 0.541. The molecule has 0 aromatic carbocycles. The summed E-state index contributed by atoms with van der Waals surface area (Å²) in [6.45, 7) is 0. The predicted molar refractivity (Wildman–Crippen MR) is 69.5 cm³/mol. The second-order valence-corrected chi connectivity index (χ2v) is 4.69. The van der Waals surface area contributed by atoms with Gasteiger partial charge in [-0.15, -0.1) is 11.3 Å². The summed E-state index contributed by atoms with van der Waals surface area (Å²) in [6.07, 6.45) is 3.54. The zero-order valence-electron chi connectivity index (χ0n) is 8.92. The zero-order valence-corrected chi connectivity index (χ0v) is 9.74. The van der Waals surface area contributed by atoms with Crippen LogP contribution >= 0.6 is 11.3 Å². The topological polar surface area (TPSA) is 67.6 Å². The van der Waals surface area contributed by atoms with Crippen molar-refractivity contribution in [3.8, 4) is 21.0 Å². The van der Waals surface area contributed by atoms with Crippen molar-refractivity contribution in [1.29, 1.82) is 0 Å². The van der Waals surface area contributed by atoms with E-state index in [0.717, 1.165) is 16.1 Å². The van der Waals surface area contributed by atoms with Gasteiger partial charge in [-0.3, -0.25) is 5.10 Å². The molecule has 0 aliphatic rings. The van der Waals surface area contributed by atoms with E-state index < -0.39 is 0 Å². The summed E-state index contributed by atoms with van der Waals surface area (Å²) in [5.41, 5.74) is 7.68. The number of nitrogens with two attached hydrogens (primary N) is 1. The molecular weight excluding hydrogens is 232 g/mol. The minimum atomic E-state index is 0.541. The highest BCUT2D eigenvalue weighted by molar-refractivity contribution is 7.18. The van der Waals surface area contributed by atoms with Gasteiger partial charge < -0.3 is 5.73 Å². The lowest BCUT2D eigenvalue weighted by Gasteiger charge is -1.96. The number of hydrogen-bond donors (Lipinski definition) is 2. The smallest absolute Gasteiger partial charge is 0.123 e. The van der Waals surface area contributed by atoms with Gasteiger partial charge in [0.25, 0.3) is 0 Å². The van der Waals surface area contributed by atoms with E-state index in [4.69, 9.17) is 5.73 Å². The van der Waals surface area contributed by atoms with E-state index in [1.165, 1.54) is 4.88 Å². The Bertz CT molecular complexity index is 610. The van der Waals surface area contributed by atoms with E-state index in [1.54, 1.807) is 23.7 Å². The maximum atomic E-state index is 5.57. The number of aromatic amines is 1. The molecule has 0 unspecified atom stereocenters. The molecule has 0 amide bonds. The molecule has 17 heavy (non-hydrogen) atoms. The van der Waals surface area contributed by atoms with Gasteiger partial charge in [0, 0.05) is 22.8 Å². The Labute approximate surface area is 102 Å². The molecule has 3 rings (SSSR count). The highest BCUT2D eigenvalue weighted by atomic mass is 32.1. The second-order valence-electron chi connectivity index (χ2n) is 3.61. The lowest BCUT2D eigenvalue weighted by molar-refractivity contribution is 1.10. The van der Waals surface area contributed by atoms with Crippen molar-refractivity contribution in [3.63, 3.8) is 0 Å². The molecule has 3 aromatic rings. The number of nitrogen functional groups attached to an aromatic ring is 1. The van der Waals surface area contributed by atoms with Crippen LogP contribution in [0.3, 0.4) is 0 Å². The summed E-state index contributed by atoms with van der Waals surface area (Å²) in [5.74, 6) is 0.541. The average Bonchev–Trinajstić information content (AvgIpc) is 3.00. The first-order valence-corrected chi connectivity index (χ1v) is 5.96. The van der Waals surface area contributed by atoms with E-state index in [2.05, 4.69) is 27.3 Å². The number of aromatic nitrogens is 3. The third-order valence-corrected chi connectivity index (χ3v) is 3.61.